The van der Waals surface area contributed by atoms with Crippen molar-refractivity contribution < 1.29 is 9.90 Å². The Labute approximate surface area is 146 Å². The molecule has 2 N–H and O–H groups in total. The summed E-state index contributed by atoms with van der Waals surface area (Å²) < 4.78 is 1.08. The van der Waals surface area contributed by atoms with E-state index in [0.717, 1.165) is 30.5 Å². The van der Waals surface area contributed by atoms with E-state index in [9.17, 15) is 19.5 Å². The number of hydrogen-bond donors (Lipinski definition) is 2. The van der Waals surface area contributed by atoms with Crippen molar-refractivity contribution in [2.24, 2.45) is 12.5 Å². The average Bonchev–Trinajstić information content (AvgIpc) is 2.58. The number of nitrogens with one attached hydrogen (secondary N) is 1. The number of aliphatic hydroxyl groups excluding tert-OH is 1. The van der Waals surface area contributed by atoms with E-state index in [1.54, 1.807) is 11.9 Å². The third-order valence-electron chi connectivity index (χ3n) is 5.68. The van der Waals surface area contributed by atoms with Crippen LogP contribution >= 0.6 is 0 Å². The highest BCUT2D eigenvalue weighted by molar-refractivity contribution is 5.83. The highest BCUT2D eigenvalue weighted by atomic mass is 16.3. The Kier molecular flexibility index (Phi) is 4.83. The van der Waals surface area contributed by atoms with Crippen LogP contribution in [0.25, 0.3) is 0 Å². The van der Waals surface area contributed by atoms with E-state index in [1.807, 2.05) is 0 Å². The van der Waals surface area contributed by atoms with E-state index in [1.165, 1.54) is 13.2 Å². The summed E-state index contributed by atoms with van der Waals surface area (Å²) in [7, 11) is 3.22. The first-order chi connectivity index (χ1) is 11.8. The van der Waals surface area contributed by atoms with Gasteiger partial charge in [-0.3, -0.25) is 14.2 Å². The van der Waals surface area contributed by atoms with Gasteiger partial charge in [-0.1, -0.05) is 0 Å². The van der Waals surface area contributed by atoms with Gasteiger partial charge in [0.25, 0.3) is 5.56 Å². The van der Waals surface area contributed by atoms with Gasteiger partial charge in [0.15, 0.2) is 0 Å². The maximum atomic E-state index is 12.6. The van der Waals surface area contributed by atoms with Gasteiger partial charge in [-0.25, -0.2) is 4.79 Å². The van der Waals surface area contributed by atoms with Crippen LogP contribution in [0.3, 0.4) is 0 Å². The van der Waals surface area contributed by atoms with Gasteiger partial charge in [0.1, 0.15) is 0 Å². The van der Waals surface area contributed by atoms with Crippen molar-refractivity contribution >= 4 is 5.91 Å². The lowest BCUT2D eigenvalue weighted by molar-refractivity contribution is -0.154. The zero-order chi connectivity index (χ0) is 18.2. The molecule has 2 aliphatic rings. The molecule has 8 heteroatoms. The Morgan fingerprint density at radius 1 is 1.24 bits per heavy atom. The van der Waals surface area contributed by atoms with Crippen molar-refractivity contribution in [2.45, 2.75) is 31.8 Å². The third kappa shape index (κ3) is 3.41. The molecule has 1 atom stereocenters. The highest BCUT2D eigenvalue weighted by Gasteiger charge is 2.47. The molecule has 138 valence electrons. The summed E-state index contributed by atoms with van der Waals surface area (Å²) >= 11 is 0. The number of likely N-dealkylation sites (tertiary alicyclic amines) is 2. The minimum absolute atomic E-state index is 0.145. The fourth-order valence-electron chi connectivity index (χ4n) is 4.10. The number of hydrogen-bond acceptors (Lipinski definition) is 5. The molecule has 8 nitrogen and oxygen atoms in total. The number of amides is 1. The molecule has 1 aromatic heterocycles. The number of likely N-dealkylation sites (N-methyl/N-ethyl adjacent to an activating group) is 1. The Balaban J connectivity index is 1.60. The second-order valence-electron chi connectivity index (χ2n) is 7.40. The van der Waals surface area contributed by atoms with Crippen molar-refractivity contribution in [3.8, 4) is 0 Å². The maximum absolute atomic E-state index is 12.6. The molecule has 1 spiro atoms. The normalized spacial score (nSPS) is 24.0. The Bertz CT molecular complexity index is 761. The van der Waals surface area contributed by atoms with Crippen molar-refractivity contribution in [1.82, 2.24) is 19.4 Å². The fourth-order valence-corrected chi connectivity index (χ4v) is 4.10. The predicted molar refractivity (Wildman–Crippen MR) is 92.4 cm³/mol. The monoisotopic (exact) mass is 350 g/mol. The van der Waals surface area contributed by atoms with Gasteiger partial charge in [0.05, 0.1) is 11.5 Å². The smallest absolute Gasteiger partial charge is 0.328 e. The van der Waals surface area contributed by atoms with Crippen LogP contribution in [-0.2, 0) is 18.3 Å². The molecule has 1 aromatic rings. The lowest BCUT2D eigenvalue weighted by Crippen LogP contribution is -2.56. The topological polar surface area (TPSA) is 98.6 Å². The lowest BCUT2D eigenvalue weighted by atomic mass is 9.71. The van der Waals surface area contributed by atoms with Gasteiger partial charge in [0.2, 0.25) is 5.91 Å². The summed E-state index contributed by atoms with van der Waals surface area (Å²) in [6, 6.07) is 0. The number of carbonyl (C=O) groups excluding carboxylic acids is 1. The zero-order valence-electron chi connectivity index (χ0n) is 14.8. The van der Waals surface area contributed by atoms with Crippen LogP contribution < -0.4 is 11.2 Å². The van der Waals surface area contributed by atoms with Crippen LogP contribution in [0.1, 0.15) is 24.8 Å². The molecule has 0 bridgehead atoms. The van der Waals surface area contributed by atoms with Gasteiger partial charge in [-0.05, 0) is 38.8 Å². The molecule has 0 radical (unpaired) electrons. The second-order valence-corrected chi connectivity index (χ2v) is 7.40. The number of piperidine rings is 2. The maximum Gasteiger partial charge on any atom is 0.328 e. The quantitative estimate of drug-likeness (QED) is 0.723. The molecule has 0 aliphatic carbocycles. The molecule has 2 fully saturated rings. The zero-order valence-corrected chi connectivity index (χ0v) is 14.8. The van der Waals surface area contributed by atoms with Crippen molar-refractivity contribution in [3.63, 3.8) is 0 Å². The standard InChI is InChI=1S/C17H26N4O4/c1-19-11-13(22)9-17(15(19)24)4-7-21(8-5-17)6-3-12-10-18-16(25)20(2)14(12)23/h10,13,22H,3-9,11H2,1-2H3,(H,18,25). The SMILES string of the molecule is CN1CC(O)CC2(CCN(CCc3c[nH]c(=O)n(C)c3=O)CC2)C1=O. The van der Waals surface area contributed by atoms with Gasteiger partial charge in [0, 0.05) is 38.9 Å². The molecule has 2 saturated heterocycles. The molecule has 1 amide bonds. The molecule has 1 unspecified atom stereocenters. The first kappa shape index (κ1) is 17.9. The minimum atomic E-state index is -0.446. The van der Waals surface area contributed by atoms with E-state index in [-0.39, 0.29) is 11.5 Å². The van der Waals surface area contributed by atoms with Crippen LogP contribution in [0, 0.1) is 5.41 Å². The molecule has 0 aromatic carbocycles. The van der Waals surface area contributed by atoms with Gasteiger partial charge in [-0.2, -0.15) is 0 Å². The van der Waals surface area contributed by atoms with E-state index in [0.29, 0.717) is 31.5 Å². The molecule has 3 rings (SSSR count). The van der Waals surface area contributed by atoms with Crippen molar-refractivity contribution in [2.75, 3.05) is 33.2 Å². The van der Waals surface area contributed by atoms with E-state index in [4.69, 9.17) is 0 Å². The first-order valence-electron chi connectivity index (χ1n) is 8.76. The Morgan fingerprint density at radius 2 is 1.92 bits per heavy atom. The van der Waals surface area contributed by atoms with E-state index in [2.05, 4.69) is 9.88 Å². The molecular formula is C17H26N4O4. The highest BCUT2D eigenvalue weighted by Crippen LogP contribution is 2.40. The summed E-state index contributed by atoms with van der Waals surface area (Å²) in [5.41, 5.74) is -0.514. The number of carbonyl (C=O) groups is 1. The minimum Gasteiger partial charge on any atom is -0.391 e. The van der Waals surface area contributed by atoms with Crippen molar-refractivity contribution in [3.05, 3.63) is 32.6 Å². The molecular weight excluding hydrogens is 324 g/mol. The van der Waals surface area contributed by atoms with Crippen LogP contribution in [-0.4, -0.2) is 69.7 Å². The van der Waals surface area contributed by atoms with Gasteiger partial charge in [-0.15, -0.1) is 0 Å². The number of rotatable bonds is 3. The van der Waals surface area contributed by atoms with Crippen LogP contribution in [0.4, 0.5) is 0 Å². The van der Waals surface area contributed by atoms with E-state index < -0.39 is 17.2 Å². The number of aromatic amines is 1. The Hall–Kier alpha value is -1.93. The average molecular weight is 350 g/mol. The number of H-pyrrole nitrogens is 1. The fraction of sp³-hybridized carbons (Fsp3) is 0.706. The number of β-amino-alcohol motifs (C(OH)–C–C–N with tert-alkyl or cyclic N) is 1. The molecule has 0 saturated carbocycles. The van der Waals surface area contributed by atoms with Crippen LogP contribution in [0.15, 0.2) is 15.8 Å². The van der Waals surface area contributed by atoms with Crippen LogP contribution in [0.5, 0.6) is 0 Å². The van der Waals surface area contributed by atoms with Crippen molar-refractivity contribution in [1.29, 1.82) is 0 Å². The summed E-state index contributed by atoms with van der Waals surface area (Å²) in [6.07, 6.45) is 3.62. The number of aromatic nitrogens is 2. The third-order valence-corrected chi connectivity index (χ3v) is 5.68. The van der Waals surface area contributed by atoms with Gasteiger partial charge >= 0.3 is 5.69 Å². The molecule has 25 heavy (non-hydrogen) atoms. The largest absolute Gasteiger partial charge is 0.391 e. The second kappa shape index (κ2) is 6.76. The number of nitrogens with zero attached hydrogens (tertiary/aromatic N) is 3. The molecule has 2 aliphatic heterocycles. The lowest BCUT2D eigenvalue weighted by Gasteiger charge is -2.47. The Morgan fingerprint density at radius 3 is 2.60 bits per heavy atom. The predicted octanol–water partition coefficient (Wildman–Crippen LogP) is -1.08. The summed E-state index contributed by atoms with van der Waals surface area (Å²) in [4.78, 5) is 42.5. The van der Waals surface area contributed by atoms with E-state index >= 15 is 0 Å². The first-order valence-corrected chi connectivity index (χ1v) is 8.76. The summed E-state index contributed by atoms with van der Waals surface area (Å²) in [6.45, 7) is 2.68. The summed E-state index contributed by atoms with van der Waals surface area (Å²) in [5, 5.41) is 10.0. The van der Waals surface area contributed by atoms with Crippen LogP contribution in [0.2, 0.25) is 0 Å². The summed E-state index contributed by atoms with van der Waals surface area (Å²) in [5.74, 6) is 0.145. The molecule has 3 heterocycles. The number of aliphatic hydroxyl groups is 1. The van der Waals surface area contributed by atoms with Gasteiger partial charge < -0.3 is 19.9 Å².